The zero-order valence-corrected chi connectivity index (χ0v) is 13.1. The normalized spacial score (nSPS) is 18.8. The average Bonchev–Trinajstić information content (AvgIpc) is 2.89. The number of sulfonamides is 1. The summed E-state index contributed by atoms with van der Waals surface area (Å²) in [5.74, 6) is -1.17. The topological polar surface area (TPSA) is 104 Å². The van der Waals surface area contributed by atoms with Crippen LogP contribution in [0.4, 0.5) is 0 Å². The highest BCUT2D eigenvalue weighted by Crippen LogP contribution is 2.27. The number of aromatic carboxylic acids is 1. The molecule has 0 bridgehead atoms. The van der Waals surface area contributed by atoms with E-state index in [2.05, 4.69) is 0 Å². The van der Waals surface area contributed by atoms with Crippen LogP contribution in [0.15, 0.2) is 15.7 Å². The lowest BCUT2D eigenvalue weighted by Gasteiger charge is -2.34. The number of ether oxygens (including phenoxy) is 1. The van der Waals surface area contributed by atoms with E-state index in [1.165, 1.54) is 12.4 Å². The number of nitrogens with zero attached hydrogens (tertiary/aromatic N) is 1. The number of rotatable bonds is 5. The van der Waals surface area contributed by atoms with Gasteiger partial charge in [0.15, 0.2) is 0 Å². The van der Waals surface area contributed by atoms with Gasteiger partial charge >= 0.3 is 5.97 Å². The summed E-state index contributed by atoms with van der Waals surface area (Å²) >= 11 is 0.857. The van der Waals surface area contributed by atoms with Gasteiger partial charge in [-0.15, -0.1) is 11.3 Å². The van der Waals surface area contributed by atoms with Gasteiger partial charge in [-0.25, -0.2) is 13.2 Å². The Kier molecular flexibility index (Phi) is 4.69. The maximum atomic E-state index is 12.4. The van der Waals surface area contributed by atoms with Crippen LogP contribution in [0.1, 0.15) is 23.2 Å². The van der Waals surface area contributed by atoms with E-state index in [0.717, 1.165) is 21.7 Å². The van der Waals surface area contributed by atoms with E-state index in [9.17, 15) is 18.3 Å². The molecule has 0 atom stereocenters. The summed E-state index contributed by atoms with van der Waals surface area (Å²) in [5, 5.41) is 20.5. The quantitative estimate of drug-likeness (QED) is 0.817. The molecule has 1 saturated heterocycles. The molecular weight excluding hydrogens is 318 g/mol. The van der Waals surface area contributed by atoms with Crippen LogP contribution in [-0.2, 0) is 14.8 Å². The molecule has 0 spiro atoms. The molecule has 2 heterocycles. The highest BCUT2D eigenvalue weighted by molar-refractivity contribution is 7.91. The van der Waals surface area contributed by atoms with E-state index < -0.39 is 21.6 Å². The molecule has 1 aliphatic rings. The number of hydrogen-bond donors (Lipinski definition) is 2. The highest BCUT2D eigenvalue weighted by Gasteiger charge is 2.35. The first-order chi connectivity index (χ1) is 9.74. The molecule has 7 nitrogen and oxygen atoms in total. The summed E-state index contributed by atoms with van der Waals surface area (Å²) in [6.45, 7) is 0.748. The molecule has 9 heteroatoms. The predicted molar refractivity (Wildman–Crippen MR) is 76.1 cm³/mol. The van der Waals surface area contributed by atoms with Gasteiger partial charge in [0.1, 0.15) is 4.21 Å². The third-order valence-electron chi connectivity index (χ3n) is 3.43. The molecule has 2 N–H and O–H groups in total. The van der Waals surface area contributed by atoms with Crippen molar-refractivity contribution in [3.8, 4) is 0 Å². The lowest BCUT2D eigenvalue weighted by atomic mass is 9.95. The van der Waals surface area contributed by atoms with E-state index in [-0.39, 0.29) is 16.3 Å². The minimum absolute atomic E-state index is 0.0427. The Morgan fingerprint density at radius 2 is 2.10 bits per heavy atom. The van der Waals surface area contributed by atoms with Gasteiger partial charge < -0.3 is 14.9 Å². The van der Waals surface area contributed by atoms with Crippen molar-refractivity contribution in [1.29, 1.82) is 0 Å². The maximum absolute atomic E-state index is 12.4. The van der Waals surface area contributed by atoms with Crippen molar-refractivity contribution in [2.24, 2.45) is 0 Å². The molecule has 1 aliphatic heterocycles. The first-order valence-electron chi connectivity index (χ1n) is 6.33. The molecule has 0 unspecified atom stereocenters. The van der Waals surface area contributed by atoms with Gasteiger partial charge in [-0.2, -0.15) is 4.31 Å². The van der Waals surface area contributed by atoms with Crippen LogP contribution < -0.4 is 0 Å². The highest BCUT2D eigenvalue weighted by atomic mass is 32.2. The third-order valence-corrected chi connectivity index (χ3v) is 6.65. The summed E-state index contributed by atoms with van der Waals surface area (Å²) in [5.41, 5.74) is -1.16. The van der Waals surface area contributed by atoms with Crippen molar-refractivity contribution in [2.45, 2.75) is 22.7 Å². The predicted octanol–water partition coefficient (Wildman–Crippen LogP) is 0.608. The minimum atomic E-state index is -3.80. The second kappa shape index (κ2) is 6.01. The van der Waals surface area contributed by atoms with Crippen molar-refractivity contribution >= 4 is 27.3 Å². The minimum Gasteiger partial charge on any atom is -0.478 e. The standard InChI is InChI=1S/C12H17NO6S2/c1-13(8-12(16)2-4-19-5-3-12)21(17,18)10-6-9(7-20-10)11(14)15/h6-7,16H,2-5,8H2,1H3,(H,14,15). The summed E-state index contributed by atoms with van der Waals surface area (Å²) in [6, 6.07) is 1.13. The van der Waals surface area contributed by atoms with Crippen molar-refractivity contribution in [3.63, 3.8) is 0 Å². The molecule has 118 valence electrons. The smallest absolute Gasteiger partial charge is 0.336 e. The molecule has 0 radical (unpaired) electrons. The van der Waals surface area contributed by atoms with Gasteiger partial charge in [0.05, 0.1) is 11.2 Å². The van der Waals surface area contributed by atoms with Crippen molar-refractivity contribution in [1.82, 2.24) is 4.31 Å². The van der Waals surface area contributed by atoms with Gasteiger partial charge in [0.2, 0.25) is 0 Å². The van der Waals surface area contributed by atoms with E-state index in [4.69, 9.17) is 9.84 Å². The molecular formula is C12H17NO6S2. The van der Waals surface area contributed by atoms with Crippen molar-refractivity contribution < 1.29 is 28.2 Å². The third kappa shape index (κ3) is 3.61. The monoisotopic (exact) mass is 335 g/mol. The van der Waals surface area contributed by atoms with E-state index in [1.54, 1.807) is 0 Å². The number of carbonyl (C=O) groups is 1. The van der Waals surface area contributed by atoms with Gasteiger partial charge in [0, 0.05) is 45.0 Å². The number of thiophene rings is 1. The van der Waals surface area contributed by atoms with Crippen LogP contribution >= 0.6 is 11.3 Å². The fourth-order valence-electron chi connectivity index (χ4n) is 2.13. The van der Waals surface area contributed by atoms with Crippen LogP contribution in [0.25, 0.3) is 0 Å². The zero-order chi connectivity index (χ0) is 15.7. The molecule has 21 heavy (non-hydrogen) atoms. The van der Waals surface area contributed by atoms with E-state index in [1.807, 2.05) is 0 Å². The maximum Gasteiger partial charge on any atom is 0.336 e. The van der Waals surface area contributed by atoms with Gasteiger partial charge in [-0.3, -0.25) is 0 Å². The Labute approximate surface area is 126 Å². The molecule has 2 rings (SSSR count). The Morgan fingerprint density at radius 3 is 2.62 bits per heavy atom. The zero-order valence-electron chi connectivity index (χ0n) is 11.5. The second-order valence-electron chi connectivity index (χ2n) is 5.06. The van der Waals surface area contributed by atoms with Crippen LogP contribution in [0.5, 0.6) is 0 Å². The molecule has 0 aromatic carbocycles. The summed E-state index contributed by atoms with van der Waals surface area (Å²) < 4.78 is 30.9. The molecule has 0 saturated carbocycles. The van der Waals surface area contributed by atoms with Crippen LogP contribution in [0, 0.1) is 0 Å². The van der Waals surface area contributed by atoms with Crippen molar-refractivity contribution in [3.05, 3.63) is 17.0 Å². The number of carboxylic acids is 1. The fourth-order valence-corrected chi connectivity index (χ4v) is 4.74. The van der Waals surface area contributed by atoms with Crippen molar-refractivity contribution in [2.75, 3.05) is 26.8 Å². The molecule has 1 aromatic heterocycles. The first kappa shape index (κ1) is 16.4. The SMILES string of the molecule is CN(CC1(O)CCOCC1)S(=O)(=O)c1cc(C(=O)O)cs1. The van der Waals surface area contributed by atoms with E-state index in [0.29, 0.717) is 26.1 Å². The number of carboxylic acid groups (broad SMARTS) is 1. The number of aliphatic hydroxyl groups is 1. The average molecular weight is 335 g/mol. The Bertz CT molecular complexity index is 617. The second-order valence-corrected chi connectivity index (χ2v) is 8.24. The van der Waals surface area contributed by atoms with Crippen LogP contribution in [0.3, 0.4) is 0 Å². The lowest BCUT2D eigenvalue weighted by molar-refractivity contribution is -0.0689. The Morgan fingerprint density at radius 1 is 1.48 bits per heavy atom. The molecule has 1 aromatic rings. The lowest BCUT2D eigenvalue weighted by Crippen LogP contribution is -2.47. The first-order valence-corrected chi connectivity index (χ1v) is 8.65. The Hall–Kier alpha value is -1.00. The summed E-state index contributed by atoms with van der Waals surface area (Å²) in [7, 11) is -2.42. The van der Waals surface area contributed by atoms with Crippen LogP contribution in [0.2, 0.25) is 0 Å². The summed E-state index contributed by atoms with van der Waals surface area (Å²) in [6.07, 6.45) is 0.745. The number of hydrogen-bond acceptors (Lipinski definition) is 6. The van der Waals surface area contributed by atoms with Gasteiger partial charge in [-0.1, -0.05) is 0 Å². The largest absolute Gasteiger partial charge is 0.478 e. The summed E-state index contributed by atoms with van der Waals surface area (Å²) in [4.78, 5) is 10.8. The van der Waals surface area contributed by atoms with Crippen LogP contribution in [-0.4, -0.2) is 61.3 Å². The van der Waals surface area contributed by atoms with Gasteiger partial charge in [-0.05, 0) is 6.07 Å². The molecule has 0 amide bonds. The van der Waals surface area contributed by atoms with E-state index >= 15 is 0 Å². The molecule has 1 fully saturated rings. The fraction of sp³-hybridized carbons (Fsp3) is 0.583. The Balaban J connectivity index is 2.15. The molecule has 0 aliphatic carbocycles. The van der Waals surface area contributed by atoms with Gasteiger partial charge in [0.25, 0.3) is 10.0 Å². The number of likely N-dealkylation sites (N-methyl/N-ethyl adjacent to an activating group) is 1.